The van der Waals surface area contributed by atoms with Gasteiger partial charge in [-0.05, 0) is 6.92 Å². The molecule has 1 N–H and O–H groups in total. The van der Waals surface area contributed by atoms with E-state index in [0.29, 0.717) is 16.0 Å². The average Bonchev–Trinajstić information content (AvgIpc) is 3.13. The third kappa shape index (κ3) is 4.53. The molecule has 10 heteroatoms. The van der Waals surface area contributed by atoms with Gasteiger partial charge < -0.3 is 14.6 Å². The standard InChI is InChI=1S/C12H15N5O3S2/c1-3-17-7-13-16-12(17)22-6-9(18)15-11-14-8(5-21-11)4-10(19)20-2/h5,7H,3-4,6H2,1-2H3,(H,14,15,18). The van der Waals surface area contributed by atoms with Gasteiger partial charge in [0.25, 0.3) is 0 Å². The lowest BCUT2D eigenvalue weighted by atomic mass is 10.3. The molecule has 2 rings (SSSR count). The van der Waals surface area contributed by atoms with E-state index in [1.54, 1.807) is 11.7 Å². The lowest BCUT2D eigenvalue weighted by molar-refractivity contribution is -0.139. The van der Waals surface area contributed by atoms with E-state index >= 15 is 0 Å². The molecule has 8 nitrogen and oxygen atoms in total. The fraction of sp³-hybridized carbons (Fsp3) is 0.417. The predicted molar refractivity (Wildman–Crippen MR) is 82.9 cm³/mol. The van der Waals surface area contributed by atoms with Crippen LogP contribution >= 0.6 is 23.1 Å². The lowest BCUT2D eigenvalue weighted by Gasteiger charge is -2.03. The largest absolute Gasteiger partial charge is 0.469 e. The van der Waals surface area contributed by atoms with Crippen molar-refractivity contribution in [2.24, 2.45) is 0 Å². The van der Waals surface area contributed by atoms with Gasteiger partial charge in [-0.1, -0.05) is 11.8 Å². The second-order valence-corrected chi connectivity index (χ2v) is 5.93. The minimum absolute atomic E-state index is 0.0945. The van der Waals surface area contributed by atoms with E-state index in [4.69, 9.17) is 0 Å². The number of thioether (sulfide) groups is 1. The van der Waals surface area contributed by atoms with Crippen molar-refractivity contribution in [2.75, 3.05) is 18.2 Å². The molecule has 0 unspecified atom stereocenters. The molecule has 0 saturated carbocycles. The first-order valence-corrected chi connectivity index (χ1v) is 8.30. The molecule has 118 valence electrons. The van der Waals surface area contributed by atoms with Crippen molar-refractivity contribution in [3.8, 4) is 0 Å². The fourth-order valence-corrected chi connectivity index (χ4v) is 3.03. The molecule has 2 aromatic heterocycles. The molecule has 0 bridgehead atoms. The van der Waals surface area contributed by atoms with E-state index in [2.05, 4.69) is 25.2 Å². The highest BCUT2D eigenvalue weighted by molar-refractivity contribution is 7.99. The number of amides is 1. The molecule has 2 aromatic rings. The average molecular weight is 341 g/mol. The molecule has 0 aliphatic carbocycles. The summed E-state index contributed by atoms with van der Waals surface area (Å²) in [4.78, 5) is 27.2. The van der Waals surface area contributed by atoms with Gasteiger partial charge in [-0.25, -0.2) is 4.98 Å². The number of hydrogen-bond donors (Lipinski definition) is 1. The van der Waals surface area contributed by atoms with Crippen molar-refractivity contribution in [1.29, 1.82) is 0 Å². The Hall–Kier alpha value is -1.94. The minimum Gasteiger partial charge on any atom is -0.469 e. The van der Waals surface area contributed by atoms with Crippen LogP contribution in [0.5, 0.6) is 0 Å². The van der Waals surface area contributed by atoms with E-state index in [-0.39, 0.29) is 24.1 Å². The topological polar surface area (TPSA) is 99.0 Å². The van der Waals surface area contributed by atoms with Crippen LogP contribution in [0.4, 0.5) is 5.13 Å². The van der Waals surface area contributed by atoms with Crippen LogP contribution in [0.1, 0.15) is 12.6 Å². The SMILES string of the molecule is CCn1cnnc1SCC(=O)Nc1nc(CC(=O)OC)cs1. The summed E-state index contributed by atoms with van der Waals surface area (Å²) in [5, 5.41) is 13.3. The van der Waals surface area contributed by atoms with Crippen molar-refractivity contribution in [3.05, 3.63) is 17.4 Å². The van der Waals surface area contributed by atoms with E-state index in [9.17, 15) is 9.59 Å². The first-order chi connectivity index (χ1) is 10.6. The monoisotopic (exact) mass is 341 g/mol. The lowest BCUT2D eigenvalue weighted by Crippen LogP contribution is -2.14. The van der Waals surface area contributed by atoms with Crippen molar-refractivity contribution in [1.82, 2.24) is 19.7 Å². The van der Waals surface area contributed by atoms with Gasteiger partial charge in [-0.2, -0.15) is 0 Å². The highest BCUT2D eigenvalue weighted by Gasteiger charge is 2.11. The number of hydrogen-bond acceptors (Lipinski definition) is 8. The number of aromatic nitrogens is 4. The molecule has 0 aliphatic heterocycles. The molecule has 22 heavy (non-hydrogen) atoms. The number of carbonyl (C=O) groups is 2. The van der Waals surface area contributed by atoms with Crippen LogP contribution in [-0.2, 0) is 27.3 Å². The maximum absolute atomic E-state index is 11.9. The molecule has 0 aliphatic rings. The Balaban J connectivity index is 1.83. The number of ether oxygens (including phenoxy) is 1. The van der Waals surface area contributed by atoms with Crippen LogP contribution in [0, 0.1) is 0 Å². The van der Waals surface area contributed by atoms with Gasteiger partial charge >= 0.3 is 5.97 Å². The van der Waals surface area contributed by atoms with Crippen LogP contribution in [-0.4, -0.2) is 44.5 Å². The maximum atomic E-state index is 11.9. The summed E-state index contributed by atoms with van der Waals surface area (Å²) >= 11 is 2.57. The first kappa shape index (κ1) is 16.4. The number of anilines is 1. The molecule has 0 atom stereocenters. The van der Waals surface area contributed by atoms with E-state index in [1.165, 1.54) is 30.2 Å². The van der Waals surface area contributed by atoms with Gasteiger partial charge in [-0.15, -0.1) is 21.5 Å². The van der Waals surface area contributed by atoms with Crippen LogP contribution in [0.3, 0.4) is 0 Å². The van der Waals surface area contributed by atoms with Gasteiger partial charge in [0.1, 0.15) is 6.33 Å². The molecular weight excluding hydrogens is 326 g/mol. The van der Waals surface area contributed by atoms with Gasteiger partial charge in [0.15, 0.2) is 10.3 Å². The summed E-state index contributed by atoms with van der Waals surface area (Å²) in [6, 6.07) is 0. The zero-order valence-corrected chi connectivity index (χ0v) is 13.7. The molecule has 0 spiro atoms. The number of thiazole rings is 1. The number of carbonyl (C=O) groups excluding carboxylic acids is 2. The highest BCUT2D eigenvalue weighted by atomic mass is 32.2. The number of aryl methyl sites for hydroxylation is 1. The molecule has 0 saturated heterocycles. The Bertz CT molecular complexity index is 655. The quantitative estimate of drug-likeness (QED) is 0.597. The van der Waals surface area contributed by atoms with Crippen molar-refractivity contribution in [2.45, 2.75) is 25.0 Å². The molecule has 0 aromatic carbocycles. The Labute approximate surface area is 135 Å². The zero-order valence-electron chi connectivity index (χ0n) is 12.1. The summed E-state index contributed by atoms with van der Waals surface area (Å²) in [6.07, 6.45) is 1.72. The van der Waals surface area contributed by atoms with E-state index in [0.717, 1.165) is 6.54 Å². The van der Waals surface area contributed by atoms with Gasteiger partial charge in [0.2, 0.25) is 5.91 Å². The number of methoxy groups -OCH3 is 1. The number of nitrogens with one attached hydrogen (secondary N) is 1. The summed E-state index contributed by atoms with van der Waals surface area (Å²) < 4.78 is 6.42. The number of esters is 1. The highest BCUT2D eigenvalue weighted by Crippen LogP contribution is 2.18. The summed E-state index contributed by atoms with van der Waals surface area (Å²) in [5.41, 5.74) is 0.575. The predicted octanol–water partition coefficient (Wildman–Crippen LogP) is 1.20. The second kappa shape index (κ2) is 7.90. The minimum atomic E-state index is -0.363. The van der Waals surface area contributed by atoms with E-state index < -0.39 is 0 Å². The molecule has 1 amide bonds. The summed E-state index contributed by atoms with van der Waals surface area (Å²) in [7, 11) is 1.32. The van der Waals surface area contributed by atoms with Crippen LogP contribution in [0.2, 0.25) is 0 Å². The second-order valence-electron chi connectivity index (χ2n) is 4.13. The Morgan fingerprint density at radius 2 is 2.32 bits per heavy atom. The third-order valence-electron chi connectivity index (χ3n) is 2.60. The third-order valence-corrected chi connectivity index (χ3v) is 4.39. The first-order valence-electron chi connectivity index (χ1n) is 6.44. The smallest absolute Gasteiger partial charge is 0.311 e. The Kier molecular flexibility index (Phi) is 5.90. The Morgan fingerprint density at radius 1 is 1.50 bits per heavy atom. The molecule has 0 fully saturated rings. The van der Waals surface area contributed by atoms with Gasteiger partial charge in [-0.3, -0.25) is 9.59 Å². The van der Waals surface area contributed by atoms with Crippen LogP contribution in [0.15, 0.2) is 16.9 Å². The Morgan fingerprint density at radius 3 is 3.05 bits per heavy atom. The summed E-state index contributed by atoms with van der Waals surface area (Å²) in [5.74, 6) is -0.336. The van der Waals surface area contributed by atoms with E-state index in [1.807, 2.05) is 11.5 Å². The zero-order chi connectivity index (χ0) is 15.9. The number of rotatable bonds is 7. The maximum Gasteiger partial charge on any atom is 0.311 e. The van der Waals surface area contributed by atoms with Gasteiger partial charge in [0.05, 0.1) is 25.0 Å². The normalized spacial score (nSPS) is 10.5. The number of nitrogens with zero attached hydrogens (tertiary/aromatic N) is 4. The molecule has 2 heterocycles. The van der Waals surface area contributed by atoms with Crippen molar-refractivity contribution < 1.29 is 14.3 Å². The van der Waals surface area contributed by atoms with Crippen molar-refractivity contribution >= 4 is 40.1 Å². The van der Waals surface area contributed by atoms with Gasteiger partial charge in [0, 0.05) is 11.9 Å². The van der Waals surface area contributed by atoms with Crippen molar-refractivity contribution in [3.63, 3.8) is 0 Å². The summed E-state index contributed by atoms with van der Waals surface area (Å²) in [6.45, 7) is 2.73. The van der Waals surface area contributed by atoms with Crippen LogP contribution < -0.4 is 5.32 Å². The molecular formula is C12H15N5O3S2. The molecule has 0 radical (unpaired) electrons. The fourth-order valence-electron chi connectivity index (χ4n) is 1.52. The van der Waals surface area contributed by atoms with Crippen LogP contribution in [0.25, 0.3) is 0 Å².